The van der Waals surface area contributed by atoms with E-state index in [9.17, 15) is 9.59 Å². The van der Waals surface area contributed by atoms with Crippen molar-refractivity contribution in [2.45, 2.75) is 13.5 Å². The van der Waals surface area contributed by atoms with Crippen molar-refractivity contribution in [1.29, 1.82) is 0 Å². The third-order valence-corrected chi connectivity index (χ3v) is 3.68. The molecule has 0 aromatic heterocycles. The number of carbonyl (C=O) groups excluding carboxylic acids is 1. The van der Waals surface area contributed by atoms with E-state index < -0.39 is 5.97 Å². The van der Waals surface area contributed by atoms with Crippen LogP contribution in [-0.2, 0) is 6.54 Å². The third-order valence-electron chi connectivity index (χ3n) is 2.99. The van der Waals surface area contributed by atoms with Crippen LogP contribution in [0.2, 0.25) is 0 Å². The zero-order chi connectivity index (χ0) is 15.4. The Kier molecular flexibility index (Phi) is 4.75. The summed E-state index contributed by atoms with van der Waals surface area (Å²) in [6, 6.07) is 12.0. The summed E-state index contributed by atoms with van der Waals surface area (Å²) in [4.78, 5) is 23.1. The molecular formula is C16H14BrNO3. The van der Waals surface area contributed by atoms with E-state index in [0.717, 1.165) is 15.6 Å². The number of aromatic carboxylic acids is 1. The van der Waals surface area contributed by atoms with Crippen molar-refractivity contribution in [3.63, 3.8) is 0 Å². The predicted molar refractivity (Wildman–Crippen MR) is 83.5 cm³/mol. The first-order valence-electron chi connectivity index (χ1n) is 6.34. The van der Waals surface area contributed by atoms with Gasteiger partial charge < -0.3 is 10.4 Å². The molecule has 108 valence electrons. The van der Waals surface area contributed by atoms with Crippen LogP contribution in [0.1, 0.15) is 31.8 Å². The van der Waals surface area contributed by atoms with E-state index in [-0.39, 0.29) is 18.0 Å². The van der Waals surface area contributed by atoms with Gasteiger partial charge in [0, 0.05) is 11.0 Å². The van der Waals surface area contributed by atoms with Crippen molar-refractivity contribution in [1.82, 2.24) is 5.32 Å². The van der Waals surface area contributed by atoms with E-state index in [1.807, 2.05) is 19.1 Å². The molecule has 0 unspecified atom stereocenters. The Morgan fingerprint density at radius 3 is 2.67 bits per heavy atom. The summed E-state index contributed by atoms with van der Waals surface area (Å²) >= 11 is 3.35. The minimum absolute atomic E-state index is 0.202. The van der Waals surface area contributed by atoms with Gasteiger partial charge in [-0.15, -0.1) is 0 Å². The van der Waals surface area contributed by atoms with Crippen LogP contribution < -0.4 is 5.32 Å². The molecule has 0 aliphatic heterocycles. The normalized spacial score (nSPS) is 10.2. The van der Waals surface area contributed by atoms with Gasteiger partial charge in [0.1, 0.15) is 0 Å². The Labute approximate surface area is 130 Å². The fourth-order valence-corrected chi connectivity index (χ4v) is 2.33. The lowest BCUT2D eigenvalue weighted by molar-refractivity contribution is 0.0696. The maximum absolute atomic E-state index is 12.2. The summed E-state index contributed by atoms with van der Waals surface area (Å²) in [5.41, 5.74) is 2.51. The van der Waals surface area contributed by atoms with Crippen LogP contribution in [0.15, 0.2) is 46.9 Å². The first kappa shape index (κ1) is 15.3. The molecule has 0 saturated carbocycles. The number of nitrogens with one attached hydrogen (secondary N) is 1. The monoisotopic (exact) mass is 347 g/mol. The molecule has 0 aliphatic rings. The predicted octanol–water partition coefficient (Wildman–Crippen LogP) is 3.39. The lowest BCUT2D eigenvalue weighted by Gasteiger charge is -2.08. The second kappa shape index (κ2) is 6.54. The van der Waals surface area contributed by atoms with Gasteiger partial charge in [-0.05, 0) is 52.7 Å². The van der Waals surface area contributed by atoms with Crippen LogP contribution in [0.25, 0.3) is 0 Å². The first-order valence-corrected chi connectivity index (χ1v) is 7.13. The number of rotatable bonds is 4. The lowest BCUT2D eigenvalue weighted by atomic mass is 10.1. The highest BCUT2D eigenvalue weighted by atomic mass is 79.9. The van der Waals surface area contributed by atoms with Gasteiger partial charge in [-0.1, -0.05) is 23.8 Å². The maximum atomic E-state index is 12.2. The number of amides is 1. The average molecular weight is 348 g/mol. The summed E-state index contributed by atoms with van der Waals surface area (Å²) < 4.78 is 0.727. The fourth-order valence-electron chi connectivity index (χ4n) is 1.91. The van der Waals surface area contributed by atoms with Crippen molar-refractivity contribution in [2.75, 3.05) is 0 Å². The Morgan fingerprint density at radius 1 is 1.19 bits per heavy atom. The third kappa shape index (κ3) is 3.92. The van der Waals surface area contributed by atoms with Crippen molar-refractivity contribution < 1.29 is 14.7 Å². The molecule has 0 heterocycles. The molecule has 2 aromatic rings. The van der Waals surface area contributed by atoms with Gasteiger partial charge >= 0.3 is 5.97 Å². The van der Waals surface area contributed by atoms with Crippen molar-refractivity contribution in [3.8, 4) is 0 Å². The second-order valence-electron chi connectivity index (χ2n) is 4.67. The zero-order valence-electron chi connectivity index (χ0n) is 11.4. The Hall–Kier alpha value is -2.14. The Balaban J connectivity index is 2.09. The number of hydrogen-bond donors (Lipinski definition) is 2. The summed E-state index contributed by atoms with van der Waals surface area (Å²) in [7, 11) is 0. The van der Waals surface area contributed by atoms with E-state index in [1.54, 1.807) is 24.3 Å². The molecule has 0 fully saturated rings. The minimum Gasteiger partial charge on any atom is -0.478 e. The molecule has 4 nitrogen and oxygen atoms in total. The summed E-state index contributed by atoms with van der Waals surface area (Å²) in [5.74, 6) is -1.18. The highest BCUT2D eigenvalue weighted by molar-refractivity contribution is 9.10. The summed E-state index contributed by atoms with van der Waals surface area (Å²) in [6.45, 7) is 2.19. The SMILES string of the molecule is Cc1ccc(Br)c(C(=O)NCc2cccc(C(=O)O)c2)c1. The average Bonchev–Trinajstić information content (AvgIpc) is 2.47. The topological polar surface area (TPSA) is 66.4 Å². The highest BCUT2D eigenvalue weighted by Gasteiger charge is 2.10. The molecule has 0 aliphatic carbocycles. The standard InChI is InChI=1S/C16H14BrNO3/c1-10-5-6-14(17)13(7-10)15(19)18-9-11-3-2-4-12(8-11)16(20)21/h2-8H,9H2,1H3,(H,18,19)(H,20,21). The molecule has 1 amide bonds. The highest BCUT2D eigenvalue weighted by Crippen LogP contribution is 2.18. The zero-order valence-corrected chi connectivity index (χ0v) is 13.0. The molecule has 0 atom stereocenters. The first-order chi connectivity index (χ1) is 9.97. The van der Waals surface area contributed by atoms with Crippen molar-refractivity contribution in [2.24, 2.45) is 0 Å². The quantitative estimate of drug-likeness (QED) is 0.890. The molecule has 0 bridgehead atoms. The van der Waals surface area contributed by atoms with Crippen molar-refractivity contribution >= 4 is 27.8 Å². The summed E-state index contributed by atoms with van der Waals surface area (Å²) in [6.07, 6.45) is 0. The smallest absolute Gasteiger partial charge is 0.335 e. The molecule has 0 spiro atoms. The van der Waals surface area contributed by atoms with Gasteiger partial charge in [0.05, 0.1) is 11.1 Å². The van der Waals surface area contributed by atoms with Gasteiger partial charge in [-0.3, -0.25) is 4.79 Å². The minimum atomic E-state index is -0.982. The van der Waals surface area contributed by atoms with Crippen LogP contribution in [0.3, 0.4) is 0 Å². The number of halogens is 1. The molecule has 2 rings (SSSR count). The van der Waals surface area contributed by atoms with Gasteiger partial charge in [-0.25, -0.2) is 4.79 Å². The molecule has 5 heteroatoms. The van der Waals surface area contributed by atoms with Crippen LogP contribution in [-0.4, -0.2) is 17.0 Å². The molecule has 0 saturated heterocycles. The van der Waals surface area contributed by atoms with E-state index >= 15 is 0 Å². The number of benzene rings is 2. The number of carboxylic acids is 1. The lowest BCUT2D eigenvalue weighted by Crippen LogP contribution is -2.23. The molecular weight excluding hydrogens is 334 g/mol. The van der Waals surface area contributed by atoms with E-state index in [0.29, 0.717) is 5.56 Å². The number of carboxylic acid groups (broad SMARTS) is 1. The summed E-state index contributed by atoms with van der Waals surface area (Å²) in [5, 5.41) is 11.7. The van der Waals surface area contributed by atoms with Crippen LogP contribution >= 0.6 is 15.9 Å². The number of aryl methyl sites for hydroxylation is 1. The van der Waals surface area contributed by atoms with Crippen LogP contribution in [0.5, 0.6) is 0 Å². The van der Waals surface area contributed by atoms with Gasteiger partial charge in [0.25, 0.3) is 5.91 Å². The molecule has 2 N–H and O–H groups in total. The molecule has 0 radical (unpaired) electrons. The number of carbonyl (C=O) groups is 2. The maximum Gasteiger partial charge on any atom is 0.335 e. The van der Waals surface area contributed by atoms with Gasteiger partial charge in [0.2, 0.25) is 0 Å². The van der Waals surface area contributed by atoms with E-state index in [4.69, 9.17) is 5.11 Å². The van der Waals surface area contributed by atoms with Crippen LogP contribution in [0.4, 0.5) is 0 Å². The largest absolute Gasteiger partial charge is 0.478 e. The van der Waals surface area contributed by atoms with Gasteiger partial charge in [0.15, 0.2) is 0 Å². The fraction of sp³-hybridized carbons (Fsp3) is 0.125. The van der Waals surface area contributed by atoms with Crippen LogP contribution in [0, 0.1) is 6.92 Å². The number of hydrogen-bond acceptors (Lipinski definition) is 2. The van der Waals surface area contributed by atoms with E-state index in [1.165, 1.54) is 6.07 Å². The second-order valence-corrected chi connectivity index (χ2v) is 5.53. The Bertz CT molecular complexity index is 698. The molecule has 2 aromatic carbocycles. The van der Waals surface area contributed by atoms with Gasteiger partial charge in [-0.2, -0.15) is 0 Å². The Morgan fingerprint density at radius 2 is 1.95 bits per heavy atom. The van der Waals surface area contributed by atoms with E-state index in [2.05, 4.69) is 21.2 Å². The molecule has 21 heavy (non-hydrogen) atoms. The van der Waals surface area contributed by atoms with Crippen molar-refractivity contribution in [3.05, 3.63) is 69.2 Å².